The topological polar surface area (TPSA) is 41.0 Å². The van der Waals surface area contributed by atoms with E-state index in [0.717, 1.165) is 18.8 Å². The molecule has 4 nitrogen and oxygen atoms in total. The Balaban J connectivity index is 2.79. The van der Waals surface area contributed by atoms with E-state index in [4.69, 9.17) is 0 Å². The molecule has 0 spiro atoms. The summed E-state index contributed by atoms with van der Waals surface area (Å²) in [4.78, 5) is 9.15. The van der Waals surface area contributed by atoms with E-state index >= 15 is 0 Å². The van der Waals surface area contributed by atoms with Gasteiger partial charge in [-0.25, -0.2) is 9.97 Å². The van der Waals surface area contributed by atoms with Gasteiger partial charge in [0.2, 0.25) is 5.95 Å². The molecule has 18 heavy (non-hydrogen) atoms. The third-order valence-electron chi connectivity index (χ3n) is 2.41. The highest BCUT2D eigenvalue weighted by molar-refractivity contribution is 5.30. The minimum absolute atomic E-state index is 0.116. The fourth-order valence-corrected chi connectivity index (χ4v) is 1.45. The highest BCUT2D eigenvalue weighted by atomic mass is 19.4. The number of alkyl halides is 3. The van der Waals surface area contributed by atoms with Crippen LogP contribution in [-0.2, 0) is 6.18 Å². The first-order chi connectivity index (χ1) is 8.49. The molecule has 0 aliphatic heterocycles. The minimum atomic E-state index is -4.43. The second kappa shape index (κ2) is 6.53. The maximum atomic E-state index is 12.5. The average Bonchev–Trinajstić information content (AvgIpc) is 2.34. The SMILES string of the molecule is CCNCCN(CC)c1nccc(C(F)(F)F)n1. The van der Waals surface area contributed by atoms with Crippen LogP contribution in [0.1, 0.15) is 19.5 Å². The third-order valence-corrected chi connectivity index (χ3v) is 2.41. The molecule has 0 aliphatic carbocycles. The van der Waals surface area contributed by atoms with E-state index in [-0.39, 0.29) is 5.95 Å². The third kappa shape index (κ3) is 4.14. The predicted molar refractivity (Wildman–Crippen MR) is 63.5 cm³/mol. The van der Waals surface area contributed by atoms with Crippen LogP contribution in [0.3, 0.4) is 0 Å². The Hall–Kier alpha value is -1.37. The molecule has 0 aromatic carbocycles. The molecule has 1 heterocycles. The Kier molecular flexibility index (Phi) is 5.33. The number of likely N-dealkylation sites (N-methyl/N-ethyl adjacent to an activating group) is 2. The zero-order chi connectivity index (χ0) is 13.6. The molecule has 0 atom stereocenters. The van der Waals surface area contributed by atoms with Crippen molar-refractivity contribution in [1.82, 2.24) is 15.3 Å². The number of nitrogens with zero attached hydrogens (tertiary/aromatic N) is 3. The fraction of sp³-hybridized carbons (Fsp3) is 0.636. The van der Waals surface area contributed by atoms with Gasteiger partial charge in [0.15, 0.2) is 0 Å². The fourth-order valence-electron chi connectivity index (χ4n) is 1.45. The molecule has 0 amide bonds. The Morgan fingerprint density at radius 2 is 2.06 bits per heavy atom. The van der Waals surface area contributed by atoms with E-state index in [2.05, 4.69) is 15.3 Å². The number of rotatable bonds is 6. The lowest BCUT2D eigenvalue weighted by atomic mass is 10.4. The van der Waals surface area contributed by atoms with Gasteiger partial charge in [-0.2, -0.15) is 13.2 Å². The van der Waals surface area contributed by atoms with Crippen molar-refractivity contribution in [3.63, 3.8) is 0 Å². The van der Waals surface area contributed by atoms with Crippen LogP contribution in [0.25, 0.3) is 0 Å². The van der Waals surface area contributed by atoms with Gasteiger partial charge in [-0.3, -0.25) is 0 Å². The van der Waals surface area contributed by atoms with Crippen LogP contribution in [0.2, 0.25) is 0 Å². The quantitative estimate of drug-likeness (QED) is 0.795. The van der Waals surface area contributed by atoms with Crippen molar-refractivity contribution < 1.29 is 13.2 Å². The van der Waals surface area contributed by atoms with E-state index in [0.29, 0.717) is 19.6 Å². The van der Waals surface area contributed by atoms with E-state index < -0.39 is 11.9 Å². The molecule has 0 radical (unpaired) electrons. The second-order valence-corrected chi connectivity index (χ2v) is 3.67. The monoisotopic (exact) mass is 262 g/mol. The van der Waals surface area contributed by atoms with Crippen molar-refractivity contribution in [2.45, 2.75) is 20.0 Å². The molecule has 0 aliphatic rings. The molecule has 7 heteroatoms. The number of anilines is 1. The Bertz CT molecular complexity index is 368. The summed E-state index contributed by atoms with van der Waals surface area (Å²) in [5.41, 5.74) is -0.908. The number of hydrogen-bond acceptors (Lipinski definition) is 4. The van der Waals surface area contributed by atoms with Gasteiger partial charge in [-0.05, 0) is 19.5 Å². The van der Waals surface area contributed by atoms with E-state index in [1.807, 2.05) is 13.8 Å². The summed E-state index contributed by atoms with van der Waals surface area (Å²) in [7, 11) is 0. The van der Waals surface area contributed by atoms with Crippen LogP contribution in [0.5, 0.6) is 0 Å². The van der Waals surface area contributed by atoms with Gasteiger partial charge in [0.05, 0.1) is 0 Å². The van der Waals surface area contributed by atoms with Gasteiger partial charge in [0.25, 0.3) is 0 Å². The molecule has 1 aromatic heterocycles. The molecular weight excluding hydrogens is 245 g/mol. The van der Waals surface area contributed by atoms with Crippen LogP contribution >= 0.6 is 0 Å². The Labute approximate surface area is 104 Å². The van der Waals surface area contributed by atoms with Gasteiger partial charge >= 0.3 is 6.18 Å². The van der Waals surface area contributed by atoms with Crippen molar-refractivity contribution in [3.05, 3.63) is 18.0 Å². The first kappa shape index (κ1) is 14.7. The smallest absolute Gasteiger partial charge is 0.340 e. The maximum absolute atomic E-state index is 12.5. The molecular formula is C11H17F3N4. The molecule has 0 unspecified atom stereocenters. The molecule has 0 saturated heterocycles. The summed E-state index contributed by atoms with van der Waals surface area (Å²) >= 11 is 0. The average molecular weight is 262 g/mol. The van der Waals surface area contributed by atoms with Gasteiger partial charge in [0.1, 0.15) is 5.69 Å². The summed E-state index contributed by atoms with van der Waals surface area (Å²) in [5.74, 6) is 0.116. The van der Waals surface area contributed by atoms with Gasteiger partial charge in [-0.1, -0.05) is 6.92 Å². The van der Waals surface area contributed by atoms with E-state index in [1.165, 1.54) is 0 Å². The molecule has 0 fully saturated rings. The summed E-state index contributed by atoms with van der Waals surface area (Å²) in [6, 6.07) is 0.877. The molecule has 0 saturated carbocycles. The molecule has 1 rings (SSSR count). The van der Waals surface area contributed by atoms with Crippen molar-refractivity contribution in [2.75, 3.05) is 31.1 Å². The number of nitrogens with one attached hydrogen (secondary N) is 1. The maximum Gasteiger partial charge on any atom is 0.433 e. The van der Waals surface area contributed by atoms with Crippen LogP contribution in [-0.4, -0.2) is 36.1 Å². The molecule has 1 aromatic rings. The number of aromatic nitrogens is 2. The number of halogens is 3. The predicted octanol–water partition coefficient (Wildman–Crippen LogP) is 1.93. The molecule has 102 valence electrons. The summed E-state index contributed by atoms with van der Waals surface area (Å²) in [5, 5.41) is 3.11. The lowest BCUT2D eigenvalue weighted by molar-refractivity contribution is -0.141. The molecule has 1 N–H and O–H groups in total. The molecule has 0 bridgehead atoms. The Morgan fingerprint density at radius 1 is 1.33 bits per heavy atom. The van der Waals surface area contributed by atoms with Crippen LogP contribution in [0.15, 0.2) is 12.3 Å². The summed E-state index contributed by atoms with van der Waals surface area (Å²) < 4.78 is 37.6. The van der Waals surface area contributed by atoms with Crippen LogP contribution in [0.4, 0.5) is 19.1 Å². The van der Waals surface area contributed by atoms with Gasteiger partial charge in [0, 0.05) is 25.8 Å². The standard InChI is InChI=1S/C11H17F3N4/c1-3-15-7-8-18(4-2)10-16-6-5-9(17-10)11(12,13)14/h5-6,15H,3-4,7-8H2,1-2H3. The van der Waals surface area contributed by atoms with Crippen molar-refractivity contribution in [1.29, 1.82) is 0 Å². The minimum Gasteiger partial charge on any atom is -0.340 e. The largest absolute Gasteiger partial charge is 0.433 e. The van der Waals surface area contributed by atoms with Crippen molar-refractivity contribution in [3.8, 4) is 0 Å². The lowest BCUT2D eigenvalue weighted by Gasteiger charge is -2.21. The first-order valence-electron chi connectivity index (χ1n) is 5.85. The van der Waals surface area contributed by atoms with Crippen molar-refractivity contribution in [2.24, 2.45) is 0 Å². The lowest BCUT2D eigenvalue weighted by Crippen LogP contribution is -2.33. The number of hydrogen-bond donors (Lipinski definition) is 1. The second-order valence-electron chi connectivity index (χ2n) is 3.67. The normalized spacial score (nSPS) is 11.6. The van der Waals surface area contributed by atoms with Gasteiger partial charge in [-0.15, -0.1) is 0 Å². The van der Waals surface area contributed by atoms with Crippen LogP contribution in [0, 0.1) is 0 Å². The van der Waals surface area contributed by atoms with Crippen LogP contribution < -0.4 is 10.2 Å². The summed E-state index contributed by atoms with van der Waals surface area (Å²) in [6.45, 7) is 6.47. The summed E-state index contributed by atoms with van der Waals surface area (Å²) in [6.07, 6.45) is -3.29. The van der Waals surface area contributed by atoms with E-state index in [1.54, 1.807) is 4.90 Å². The highest BCUT2D eigenvalue weighted by Gasteiger charge is 2.33. The Morgan fingerprint density at radius 3 is 2.61 bits per heavy atom. The van der Waals surface area contributed by atoms with E-state index in [9.17, 15) is 13.2 Å². The highest BCUT2D eigenvalue weighted by Crippen LogP contribution is 2.27. The van der Waals surface area contributed by atoms with Gasteiger partial charge < -0.3 is 10.2 Å². The zero-order valence-electron chi connectivity index (χ0n) is 10.5. The zero-order valence-corrected chi connectivity index (χ0v) is 10.5. The first-order valence-corrected chi connectivity index (χ1v) is 5.85. The van der Waals surface area contributed by atoms with Crippen molar-refractivity contribution >= 4 is 5.95 Å².